The van der Waals surface area contributed by atoms with E-state index in [4.69, 9.17) is 9.47 Å². The summed E-state index contributed by atoms with van der Waals surface area (Å²) in [5.74, 6) is 0.255. The Labute approximate surface area is 159 Å². The van der Waals surface area contributed by atoms with Gasteiger partial charge in [-0.2, -0.15) is 0 Å². The van der Waals surface area contributed by atoms with Crippen LogP contribution in [0.1, 0.15) is 12.8 Å². The number of hydrogen-bond acceptors (Lipinski definition) is 5. The van der Waals surface area contributed by atoms with Crippen LogP contribution in [0.5, 0.6) is 5.75 Å². The zero-order valence-electron chi connectivity index (χ0n) is 15.0. The quantitative estimate of drug-likeness (QED) is 0.765. The van der Waals surface area contributed by atoms with Gasteiger partial charge >= 0.3 is 0 Å². The summed E-state index contributed by atoms with van der Waals surface area (Å²) in [4.78, 5) is 26.1. The first-order valence-electron chi connectivity index (χ1n) is 8.62. The number of para-hydroxylation sites is 2. The van der Waals surface area contributed by atoms with E-state index in [2.05, 4.69) is 10.6 Å². The summed E-state index contributed by atoms with van der Waals surface area (Å²) in [6, 6.07) is 7.26. The van der Waals surface area contributed by atoms with E-state index < -0.39 is 0 Å². The molecule has 2 amide bonds. The highest BCUT2D eigenvalue weighted by Gasteiger charge is 2.33. The monoisotopic (exact) mass is 383 g/mol. The molecule has 0 unspecified atom stereocenters. The number of carbonyl (C=O) groups excluding carboxylic acids is 2. The van der Waals surface area contributed by atoms with Crippen LogP contribution in [0.25, 0.3) is 0 Å². The minimum atomic E-state index is -0.206. The number of benzene rings is 1. The van der Waals surface area contributed by atoms with Gasteiger partial charge in [0.25, 0.3) is 5.91 Å². The average molecular weight is 384 g/mol. The predicted octanol–water partition coefficient (Wildman–Crippen LogP) is 0.966. The van der Waals surface area contributed by atoms with Gasteiger partial charge in [-0.25, -0.2) is 0 Å². The number of hydrogen-bond donors (Lipinski definition) is 2. The first-order valence-corrected chi connectivity index (χ1v) is 8.62. The molecule has 0 aliphatic carbocycles. The molecule has 26 heavy (non-hydrogen) atoms. The highest BCUT2D eigenvalue weighted by molar-refractivity contribution is 6.02. The lowest BCUT2D eigenvalue weighted by molar-refractivity contribution is -0.125. The highest BCUT2D eigenvalue weighted by Crippen LogP contribution is 2.31. The van der Waals surface area contributed by atoms with Crippen LogP contribution < -0.4 is 20.3 Å². The van der Waals surface area contributed by atoms with Crippen molar-refractivity contribution in [2.45, 2.75) is 12.8 Å². The Bertz CT molecular complexity index is 629. The van der Waals surface area contributed by atoms with Crippen LogP contribution in [0.2, 0.25) is 0 Å². The number of carbonyl (C=O) groups is 2. The van der Waals surface area contributed by atoms with Gasteiger partial charge in [-0.15, -0.1) is 12.4 Å². The fourth-order valence-corrected chi connectivity index (χ4v) is 3.45. The Morgan fingerprint density at radius 1 is 1.35 bits per heavy atom. The Hall–Kier alpha value is -1.83. The van der Waals surface area contributed by atoms with Crippen molar-refractivity contribution < 1.29 is 19.1 Å². The molecule has 3 rings (SSSR count). The molecule has 1 aromatic carbocycles. The smallest absolute Gasteiger partial charge is 0.265 e. The average Bonchev–Trinajstić information content (AvgIpc) is 2.64. The minimum Gasteiger partial charge on any atom is -0.482 e. The molecule has 0 bridgehead atoms. The molecule has 2 aliphatic heterocycles. The fraction of sp³-hybridized carbons (Fsp3) is 0.556. The third kappa shape index (κ3) is 4.66. The van der Waals surface area contributed by atoms with Crippen LogP contribution >= 0.6 is 12.4 Å². The van der Waals surface area contributed by atoms with Crippen LogP contribution in [0.3, 0.4) is 0 Å². The molecule has 8 heteroatoms. The van der Waals surface area contributed by atoms with Crippen molar-refractivity contribution in [3.8, 4) is 5.75 Å². The summed E-state index contributed by atoms with van der Waals surface area (Å²) in [6.07, 6.45) is 1.92. The number of methoxy groups -OCH3 is 1. The van der Waals surface area contributed by atoms with E-state index in [0.29, 0.717) is 24.6 Å². The van der Waals surface area contributed by atoms with Gasteiger partial charge in [0.2, 0.25) is 5.91 Å². The van der Waals surface area contributed by atoms with Crippen LogP contribution in [0.4, 0.5) is 5.69 Å². The van der Waals surface area contributed by atoms with E-state index in [0.717, 1.165) is 25.9 Å². The molecule has 7 nitrogen and oxygen atoms in total. The molecule has 2 heterocycles. The molecule has 1 saturated heterocycles. The van der Waals surface area contributed by atoms with Gasteiger partial charge in [0, 0.05) is 19.1 Å². The second-order valence-electron chi connectivity index (χ2n) is 6.70. The van der Waals surface area contributed by atoms with Crippen LogP contribution in [0, 0.1) is 5.41 Å². The Morgan fingerprint density at radius 2 is 2.08 bits per heavy atom. The van der Waals surface area contributed by atoms with E-state index >= 15 is 0 Å². The Balaban J connectivity index is 0.00000243. The van der Waals surface area contributed by atoms with E-state index in [1.54, 1.807) is 19.2 Å². The summed E-state index contributed by atoms with van der Waals surface area (Å²) in [5.41, 5.74) is 0.602. The summed E-state index contributed by atoms with van der Waals surface area (Å²) in [5, 5.41) is 6.33. The van der Waals surface area contributed by atoms with Crippen LogP contribution in [-0.4, -0.2) is 58.3 Å². The highest BCUT2D eigenvalue weighted by atomic mass is 35.5. The van der Waals surface area contributed by atoms with E-state index in [1.807, 2.05) is 12.1 Å². The Kier molecular flexibility index (Phi) is 7.25. The van der Waals surface area contributed by atoms with Gasteiger partial charge < -0.3 is 20.1 Å². The molecule has 0 saturated carbocycles. The summed E-state index contributed by atoms with van der Waals surface area (Å²) in [7, 11) is 1.69. The third-order valence-electron chi connectivity index (χ3n) is 4.89. The van der Waals surface area contributed by atoms with Crippen LogP contribution in [-0.2, 0) is 14.3 Å². The lowest BCUT2D eigenvalue weighted by Gasteiger charge is -2.37. The zero-order chi connectivity index (χ0) is 17.7. The number of nitrogens with one attached hydrogen (secondary N) is 2. The molecule has 0 aromatic heterocycles. The summed E-state index contributed by atoms with van der Waals surface area (Å²) < 4.78 is 10.8. The summed E-state index contributed by atoms with van der Waals surface area (Å²) >= 11 is 0. The maximum atomic E-state index is 12.5. The van der Waals surface area contributed by atoms with Gasteiger partial charge in [-0.05, 0) is 38.1 Å². The first-order chi connectivity index (χ1) is 12.1. The van der Waals surface area contributed by atoms with Crippen LogP contribution in [0.15, 0.2) is 24.3 Å². The van der Waals surface area contributed by atoms with Crippen molar-refractivity contribution in [2.24, 2.45) is 5.41 Å². The number of halogens is 1. The number of amides is 2. The van der Waals surface area contributed by atoms with Gasteiger partial charge in [0.15, 0.2) is 6.61 Å². The lowest BCUT2D eigenvalue weighted by Crippen LogP contribution is -2.50. The maximum Gasteiger partial charge on any atom is 0.265 e. The van der Waals surface area contributed by atoms with E-state index in [-0.39, 0.29) is 42.8 Å². The molecular weight excluding hydrogens is 358 g/mol. The van der Waals surface area contributed by atoms with Gasteiger partial charge in [0.1, 0.15) is 12.3 Å². The van der Waals surface area contributed by atoms with Gasteiger partial charge in [0.05, 0.1) is 12.3 Å². The minimum absolute atomic E-state index is 0. The van der Waals surface area contributed by atoms with Crippen molar-refractivity contribution in [2.75, 3.05) is 51.4 Å². The first kappa shape index (κ1) is 20.5. The second kappa shape index (κ2) is 9.21. The molecule has 0 radical (unpaired) electrons. The normalized spacial score (nSPS) is 18.3. The number of rotatable bonds is 6. The summed E-state index contributed by atoms with van der Waals surface area (Å²) in [6.45, 7) is 2.99. The topological polar surface area (TPSA) is 79.9 Å². The van der Waals surface area contributed by atoms with E-state index in [9.17, 15) is 9.59 Å². The van der Waals surface area contributed by atoms with Crippen molar-refractivity contribution in [1.82, 2.24) is 10.6 Å². The number of fused-ring (bicyclic) bond motifs is 1. The standard InChI is InChI=1S/C18H25N3O4.ClH/c1-24-13-18(6-8-19-9-7-18)12-20-16(22)10-21-14-4-2-3-5-15(14)25-11-17(21)23;/h2-5,19H,6-13H2,1H3,(H,20,22);1H. The molecule has 1 aromatic rings. The molecule has 2 N–H and O–H groups in total. The molecule has 0 atom stereocenters. The zero-order valence-corrected chi connectivity index (χ0v) is 15.8. The number of ether oxygens (including phenoxy) is 2. The van der Waals surface area contributed by atoms with Gasteiger partial charge in [-0.3, -0.25) is 14.5 Å². The second-order valence-corrected chi connectivity index (χ2v) is 6.70. The fourth-order valence-electron chi connectivity index (χ4n) is 3.45. The molecule has 1 fully saturated rings. The number of anilines is 1. The SMILES string of the molecule is COCC1(CNC(=O)CN2C(=O)COc3ccccc32)CCNCC1.Cl. The third-order valence-corrected chi connectivity index (χ3v) is 4.89. The lowest BCUT2D eigenvalue weighted by atomic mass is 9.79. The molecule has 0 spiro atoms. The largest absolute Gasteiger partial charge is 0.482 e. The number of piperidine rings is 1. The van der Waals surface area contributed by atoms with E-state index in [1.165, 1.54) is 4.90 Å². The number of nitrogens with zero attached hydrogens (tertiary/aromatic N) is 1. The van der Waals surface area contributed by atoms with Crippen molar-refractivity contribution >= 4 is 29.9 Å². The predicted molar refractivity (Wildman–Crippen MR) is 101 cm³/mol. The van der Waals surface area contributed by atoms with Gasteiger partial charge in [-0.1, -0.05) is 12.1 Å². The molecule has 144 valence electrons. The van der Waals surface area contributed by atoms with Crippen molar-refractivity contribution in [1.29, 1.82) is 0 Å². The Morgan fingerprint density at radius 3 is 2.81 bits per heavy atom. The van der Waals surface area contributed by atoms with Crippen molar-refractivity contribution in [3.05, 3.63) is 24.3 Å². The maximum absolute atomic E-state index is 12.5. The molecule has 2 aliphatic rings. The van der Waals surface area contributed by atoms with Crippen molar-refractivity contribution in [3.63, 3.8) is 0 Å². The molecular formula is C18H26ClN3O4.